The van der Waals surface area contributed by atoms with Crippen molar-refractivity contribution in [1.82, 2.24) is 10.6 Å². The minimum Gasteiger partial charge on any atom is -0.459 e. The molecule has 0 spiro atoms. The zero-order chi connectivity index (χ0) is 24.6. The first kappa shape index (κ1) is 24.2. The second-order valence-corrected chi connectivity index (χ2v) is 8.10. The first-order chi connectivity index (χ1) is 17.0. The van der Waals surface area contributed by atoms with Crippen LogP contribution in [0.2, 0.25) is 0 Å². The second kappa shape index (κ2) is 11.4. The van der Waals surface area contributed by atoms with Gasteiger partial charge in [0.25, 0.3) is 5.91 Å². The van der Waals surface area contributed by atoms with Gasteiger partial charge in [-0.05, 0) is 48.7 Å². The third-order valence-electron chi connectivity index (χ3n) is 5.65. The zero-order valence-electron chi connectivity index (χ0n) is 19.0. The summed E-state index contributed by atoms with van der Waals surface area (Å²) in [5.74, 6) is -2.14. The minimum atomic E-state index is -1.10. The molecule has 182 valence electrons. The topological polar surface area (TPSA) is 101 Å². The molecule has 3 aromatic rings. The van der Waals surface area contributed by atoms with Crippen molar-refractivity contribution in [3.05, 3.63) is 90.1 Å². The molecule has 3 amide bonds. The molecule has 1 saturated heterocycles. The number of anilines is 1. The normalized spacial score (nSPS) is 15.9. The molecule has 35 heavy (non-hydrogen) atoms. The summed E-state index contributed by atoms with van der Waals surface area (Å²) in [6, 6.07) is 16.1. The molecule has 0 aliphatic carbocycles. The van der Waals surface area contributed by atoms with Crippen LogP contribution >= 0.6 is 0 Å². The summed E-state index contributed by atoms with van der Waals surface area (Å²) in [5.41, 5.74) is 0.718. The van der Waals surface area contributed by atoms with Gasteiger partial charge in [0.2, 0.25) is 11.8 Å². The SMILES string of the molecule is O=C(NCC(=O)N(c1cccc(F)c1)[C@@H](C(=O)NC[C@@H]1CCCO1)c1ccccc1)c1ccco1. The van der Waals surface area contributed by atoms with E-state index < -0.39 is 36.1 Å². The molecule has 2 aromatic carbocycles. The Morgan fingerprint density at radius 3 is 2.54 bits per heavy atom. The minimum absolute atomic E-state index is 0.0454. The number of carbonyl (C=O) groups is 3. The molecule has 2 heterocycles. The molecule has 1 aromatic heterocycles. The fraction of sp³-hybridized carbons (Fsp3) is 0.269. The predicted octanol–water partition coefficient (Wildman–Crippen LogP) is 3.22. The van der Waals surface area contributed by atoms with E-state index in [0.717, 1.165) is 12.8 Å². The predicted molar refractivity (Wildman–Crippen MR) is 126 cm³/mol. The number of nitrogens with zero attached hydrogens (tertiary/aromatic N) is 1. The van der Waals surface area contributed by atoms with Crippen LogP contribution in [-0.4, -0.2) is 43.5 Å². The van der Waals surface area contributed by atoms with E-state index in [9.17, 15) is 18.8 Å². The zero-order valence-corrected chi connectivity index (χ0v) is 19.0. The largest absolute Gasteiger partial charge is 0.459 e. The summed E-state index contributed by atoms with van der Waals surface area (Å²) >= 11 is 0. The third-order valence-corrected chi connectivity index (χ3v) is 5.65. The maximum absolute atomic E-state index is 14.2. The van der Waals surface area contributed by atoms with E-state index in [0.29, 0.717) is 18.7 Å². The third kappa shape index (κ3) is 6.13. The molecule has 1 fully saturated rings. The number of carbonyl (C=O) groups excluding carboxylic acids is 3. The van der Waals surface area contributed by atoms with E-state index in [1.54, 1.807) is 42.5 Å². The van der Waals surface area contributed by atoms with Crippen LogP contribution in [0.1, 0.15) is 35.0 Å². The van der Waals surface area contributed by atoms with E-state index in [4.69, 9.17) is 9.15 Å². The first-order valence-corrected chi connectivity index (χ1v) is 11.4. The Morgan fingerprint density at radius 1 is 1.03 bits per heavy atom. The van der Waals surface area contributed by atoms with Crippen molar-refractivity contribution in [1.29, 1.82) is 0 Å². The fourth-order valence-electron chi connectivity index (χ4n) is 3.97. The van der Waals surface area contributed by atoms with Gasteiger partial charge in [0, 0.05) is 18.8 Å². The van der Waals surface area contributed by atoms with Gasteiger partial charge in [-0.3, -0.25) is 19.3 Å². The summed E-state index contributed by atoms with van der Waals surface area (Å²) in [7, 11) is 0. The molecule has 0 bridgehead atoms. The van der Waals surface area contributed by atoms with Gasteiger partial charge in [-0.1, -0.05) is 36.4 Å². The van der Waals surface area contributed by atoms with Crippen molar-refractivity contribution in [2.24, 2.45) is 0 Å². The lowest BCUT2D eigenvalue weighted by Gasteiger charge is -2.32. The van der Waals surface area contributed by atoms with Gasteiger partial charge < -0.3 is 19.8 Å². The number of furan rings is 1. The summed E-state index contributed by atoms with van der Waals surface area (Å²) in [5, 5.41) is 5.38. The van der Waals surface area contributed by atoms with E-state index in [1.807, 2.05) is 0 Å². The first-order valence-electron chi connectivity index (χ1n) is 11.4. The highest BCUT2D eigenvalue weighted by Gasteiger charge is 2.33. The number of benzene rings is 2. The monoisotopic (exact) mass is 479 g/mol. The van der Waals surface area contributed by atoms with Crippen molar-refractivity contribution in [3.8, 4) is 0 Å². The summed E-state index contributed by atoms with van der Waals surface area (Å²) < 4.78 is 24.8. The van der Waals surface area contributed by atoms with Crippen LogP contribution in [-0.2, 0) is 14.3 Å². The molecule has 8 nitrogen and oxygen atoms in total. The Balaban J connectivity index is 1.63. The second-order valence-electron chi connectivity index (χ2n) is 8.10. The summed E-state index contributed by atoms with van der Waals surface area (Å²) in [4.78, 5) is 40.5. The van der Waals surface area contributed by atoms with Crippen LogP contribution in [0.5, 0.6) is 0 Å². The molecule has 4 rings (SSSR count). The van der Waals surface area contributed by atoms with E-state index in [2.05, 4.69) is 10.6 Å². The van der Waals surface area contributed by atoms with Gasteiger partial charge in [0.05, 0.1) is 18.9 Å². The van der Waals surface area contributed by atoms with Gasteiger partial charge >= 0.3 is 0 Å². The molecule has 1 aliphatic rings. The lowest BCUT2D eigenvalue weighted by molar-refractivity contribution is -0.126. The average Bonchev–Trinajstić information content (AvgIpc) is 3.59. The van der Waals surface area contributed by atoms with Gasteiger partial charge in [-0.2, -0.15) is 0 Å². The highest BCUT2D eigenvalue weighted by atomic mass is 19.1. The number of ether oxygens (including phenoxy) is 1. The van der Waals surface area contributed by atoms with Crippen molar-refractivity contribution in [2.45, 2.75) is 25.0 Å². The van der Waals surface area contributed by atoms with Crippen molar-refractivity contribution in [2.75, 3.05) is 24.6 Å². The molecule has 0 radical (unpaired) electrons. The van der Waals surface area contributed by atoms with Crippen LogP contribution < -0.4 is 15.5 Å². The lowest BCUT2D eigenvalue weighted by atomic mass is 10.0. The Labute approximate surface area is 202 Å². The summed E-state index contributed by atoms with van der Waals surface area (Å²) in [6.07, 6.45) is 3.01. The average molecular weight is 480 g/mol. The molecule has 1 aliphatic heterocycles. The van der Waals surface area contributed by atoms with Crippen LogP contribution in [0, 0.1) is 5.82 Å². The molecule has 0 unspecified atom stereocenters. The smallest absolute Gasteiger partial charge is 0.287 e. The number of hydrogen-bond acceptors (Lipinski definition) is 5. The Bertz CT molecular complexity index is 1150. The molecular weight excluding hydrogens is 453 g/mol. The fourth-order valence-corrected chi connectivity index (χ4v) is 3.97. The number of halogens is 1. The van der Waals surface area contributed by atoms with Crippen molar-refractivity contribution >= 4 is 23.4 Å². The van der Waals surface area contributed by atoms with Crippen molar-refractivity contribution < 1.29 is 27.9 Å². The Morgan fingerprint density at radius 2 is 1.86 bits per heavy atom. The molecular formula is C26H26FN3O5. The quantitative estimate of drug-likeness (QED) is 0.491. The standard InChI is InChI=1S/C26H26FN3O5/c27-19-9-4-10-20(15-19)30(23(31)17-29-25(32)22-12-6-14-35-22)24(18-7-2-1-3-8-18)26(33)28-16-21-11-5-13-34-21/h1-4,6-10,12,14-15,21,24H,5,11,13,16-17H2,(H,28,33)(H,29,32)/t21-,24+/m0/s1. The van der Waals surface area contributed by atoms with Crippen LogP contribution in [0.3, 0.4) is 0 Å². The highest BCUT2D eigenvalue weighted by molar-refractivity contribution is 6.04. The van der Waals surface area contributed by atoms with Gasteiger partial charge in [-0.25, -0.2) is 4.39 Å². The van der Waals surface area contributed by atoms with E-state index >= 15 is 0 Å². The van der Waals surface area contributed by atoms with Gasteiger partial charge in [0.15, 0.2) is 5.76 Å². The van der Waals surface area contributed by atoms with Gasteiger partial charge in [0.1, 0.15) is 11.9 Å². The Kier molecular flexibility index (Phi) is 7.89. The lowest BCUT2D eigenvalue weighted by Crippen LogP contribution is -2.48. The highest BCUT2D eigenvalue weighted by Crippen LogP contribution is 2.29. The van der Waals surface area contributed by atoms with Gasteiger partial charge in [-0.15, -0.1) is 0 Å². The van der Waals surface area contributed by atoms with E-state index in [1.165, 1.54) is 35.4 Å². The van der Waals surface area contributed by atoms with Crippen LogP contribution in [0.15, 0.2) is 77.4 Å². The maximum atomic E-state index is 14.2. The molecule has 9 heteroatoms. The van der Waals surface area contributed by atoms with Crippen LogP contribution in [0.25, 0.3) is 0 Å². The van der Waals surface area contributed by atoms with E-state index in [-0.39, 0.29) is 17.6 Å². The summed E-state index contributed by atoms with van der Waals surface area (Å²) in [6.45, 7) is 0.507. The Hall–Kier alpha value is -3.98. The number of amides is 3. The number of nitrogens with one attached hydrogen (secondary N) is 2. The number of hydrogen-bond donors (Lipinski definition) is 2. The molecule has 2 atom stereocenters. The van der Waals surface area contributed by atoms with Crippen LogP contribution in [0.4, 0.5) is 10.1 Å². The molecule has 0 saturated carbocycles. The number of rotatable bonds is 9. The van der Waals surface area contributed by atoms with Crippen molar-refractivity contribution in [3.63, 3.8) is 0 Å². The maximum Gasteiger partial charge on any atom is 0.287 e. The molecule has 2 N–H and O–H groups in total.